The fourth-order valence-corrected chi connectivity index (χ4v) is 3.85. The van der Waals surface area contributed by atoms with E-state index < -0.39 is 0 Å². The molecule has 0 bridgehead atoms. The van der Waals surface area contributed by atoms with Crippen LogP contribution < -0.4 is 5.73 Å². The molecule has 0 radical (unpaired) electrons. The van der Waals surface area contributed by atoms with Crippen LogP contribution in [0.3, 0.4) is 0 Å². The molecular weight excluding hydrogens is 218 g/mol. The summed E-state index contributed by atoms with van der Waals surface area (Å²) in [6.07, 6.45) is 6.50. The smallest absolute Gasteiger partial charge is 0.0323 e. The monoisotopic (exact) mass is 243 g/mol. The summed E-state index contributed by atoms with van der Waals surface area (Å²) < 4.78 is 0. The van der Waals surface area contributed by atoms with Crippen LogP contribution in [-0.4, -0.2) is 0 Å². The second-order valence-corrected chi connectivity index (χ2v) is 6.25. The van der Waals surface area contributed by atoms with Gasteiger partial charge in [-0.15, -0.1) is 0 Å². The van der Waals surface area contributed by atoms with Crippen molar-refractivity contribution in [3.8, 4) is 0 Å². The van der Waals surface area contributed by atoms with E-state index in [4.69, 9.17) is 5.73 Å². The molecule has 2 fully saturated rings. The average molecular weight is 243 g/mol. The van der Waals surface area contributed by atoms with Gasteiger partial charge in [-0.3, -0.25) is 0 Å². The highest BCUT2D eigenvalue weighted by molar-refractivity contribution is 5.34. The number of nitrogens with two attached hydrogens (primary N) is 1. The van der Waals surface area contributed by atoms with E-state index in [1.807, 2.05) is 0 Å². The molecule has 0 aromatic heterocycles. The molecule has 1 aromatic carbocycles. The second kappa shape index (κ2) is 4.70. The van der Waals surface area contributed by atoms with Crippen molar-refractivity contribution in [2.45, 2.75) is 52.0 Å². The summed E-state index contributed by atoms with van der Waals surface area (Å²) >= 11 is 0. The maximum atomic E-state index is 6.50. The van der Waals surface area contributed by atoms with E-state index in [1.165, 1.54) is 36.0 Å². The number of fused-ring (bicyclic) bond motifs is 1. The zero-order chi connectivity index (χ0) is 12.7. The first kappa shape index (κ1) is 12.2. The Morgan fingerprint density at radius 1 is 1.06 bits per heavy atom. The van der Waals surface area contributed by atoms with Gasteiger partial charge < -0.3 is 5.73 Å². The van der Waals surface area contributed by atoms with Crippen LogP contribution in [0.4, 0.5) is 0 Å². The average Bonchev–Trinajstić information content (AvgIpc) is 3.03. The predicted octanol–water partition coefficient (Wildman–Crippen LogP) is 3.86. The maximum Gasteiger partial charge on any atom is 0.0323 e. The van der Waals surface area contributed by atoms with Crippen LogP contribution >= 0.6 is 0 Å². The molecule has 3 atom stereocenters. The predicted molar refractivity (Wildman–Crippen MR) is 76.4 cm³/mol. The van der Waals surface area contributed by atoms with Gasteiger partial charge >= 0.3 is 0 Å². The first-order valence-corrected chi connectivity index (χ1v) is 7.60. The van der Waals surface area contributed by atoms with Gasteiger partial charge in [0.2, 0.25) is 0 Å². The van der Waals surface area contributed by atoms with Crippen molar-refractivity contribution in [1.82, 2.24) is 0 Å². The molecule has 1 nitrogen and oxygen atoms in total. The van der Waals surface area contributed by atoms with Crippen molar-refractivity contribution in [1.29, 1.82) is 0 Å². The van der Waals surface area contributed by atoms with Gasteiger partial charge in [0.05, 0.1) is 0 Å². The van der Waals surface area contributed by atoms with Gasteiger partial charge in [0, 0.05) is 6.04 Å². The summed E-state index contributed by atoms with van der Waals surface area (Å²) in [6, 6.07) is 7.21. The van der Waals surface area contributed by atoms with Crippen LogP contribution in [0.2, 0.25) is 0 Å². The molecule has 2 N–H and O–H groups in total. The number of aryl methyl sites for hydroxylation is 2. The van der Waals surface area contributed by atoms with E-state index >= 15 is 0 Å². The molecule has 18 heavy (non-hydrogen) atoms. The van der Waals surface area contributed by atoms with E-state index in [2.05, 4.69) is 32.0 Å². The molecular formula is C17H25N. The Kier molecular flexibility index (Phi) is 3.19. The lowest BCUT2D eigenvalue weighted by Gasteiger charge is -2.22. The molecule has 0 spiro atoms. The fourth-order valence-electron chi connectivity index (χ4n) is 3.85. The topological polar surface area (TPSA) is 26.0 Å². The van der Waals surface area contributed by atoms with Crippen molar-refractivity contribution in [3.63, 3.8) is 0 Å². The largest absolute Gasteiger partial charge is 0.324 e. The Morgan fingerprint density at radius 3 is 2.33 bits per heavy atom. The van der Waals surface area contributed by atoms with Crippen LogP contribution in [0.25, 0.3) is 0 Å². The molecule has 0 amide bonds. The first-order chi connectivity index (χ1) is 8.72. The van der Waals surface area contributed by atoms with Crippen LogP contribution in [0.1, 0.15) is 55.8 Å². The third-order valence-corrected chi connectivity index (χ3v) is 5.16. The minimum Gasteiger partial charge on any atom is -0.324 e. The van der Waals surface area contributed by atoms with E-state index in [0.29, 0.717) is 0 Å². The zero-order valence-electron chi connectivity index (χ0n) is 11.7. The standard InChI is InChI=1S/C17H25N/c1-3-11-5-6-13(7-12(11)4-2)17(18)16-9-14-8-15(14)10-16/h5-7,14-17H,3-4,8-10,18H2,1-2H3. The van der Waals surface area contributed by atoms with Gasteiger partial charge in [-0.05, 0) is 66.5 Å². The third kappa shape index (κ3) is 2.09. The Hall–Kier alpha value is -0.820. The normalized spacial score (nSPS) is 31.2. The minimum absolute atomic E-state index is 0.272. The number of hydrogen-bond donors (Lipinski definition) is 1. The van der Waals surface area contributed by atoms with Gasteiger partial charge in [-0.1, -0.05) is 32.0 Å². The molecule has 3 unspecified atom stereocenters. The second-order valence-electron chi connectivity index (χ2n) is 6.25. The number of hydrogen-bond acceptors (Lipinski definition) is 1. The summed E-state index contributed by atoms with van der Waals surface area (Å²) in [5.74, 6) is 2.80. The highest BCUT2D eigenvalue weighted by Gasteiger charge is 2.47. The molecule has 2 aliphatic carbocycles. The van der Waals surface area contributed by atoms with Gasteiger partial charge in [0.1, 0.15) is 0 Å². The fraction of sp³-hybridized carbons (Fsp3) is 0.647. The lowest BCUT2D eigenvalue weighted by atomic mass is 9.88. The van der Waals surface area contributed by atoms with Gasteiger partial charge in [0.15, 0.2) is 0 Å². The van der Waals surface area contributed by atoms with E-state index in [0.717, 1.165) is 30.6 Å². The van der Waals surface area contributed by atoms with Crippen molar-refractivity contribution in [2.24, 2.45) is 23.5 Å². The molecule has 2 saturated carbocycles. The van der Waals surface area contributed by atoms with E-state index in [-0.39, 0.29) is 6.04 Å². The third-order valence-electron chi connectivity index (χ3n) is 5.16. The molecule has 0 heterocycles. The Balaban J connectivity index is 1.78. The molecule has 3 rings (SSSR count). The summed E-state index contributed by atoms with van der Waals surface area (Å²) in [7, 11) is 0. The van der Waals surface area contributed by atoms with Crippen LogP contribution in [0, 0.1) is 17.8 Å². The summed E-state index contributed by atoms with van der Waals surface area (Å²) in [5, 5.41) is 0. The lowest BCUT2D eigenvalue weighted by Crippen LogP contribution is -2.20. The van der Waals surface area contributed by atoms with Gasteiger partial charge in [0.25, 0.3) is 0 Å². The first-order valence-electron chi connectivity index (χ1n) is 7.60. The quantitative estimate of drug-likeness (QED) is 0.854. The highest BCUT2D eigenvalue weighted by atomic mass is 14.7. The Labute approximate surface area is 111 Å². The molecule has 2 aliphatic rings. The van der Waals surface area contributed by atoms with Crippen molar-refractivity contribution < 1.29 is 0 Å². The van der Waals surface area contributed by atoms with Crippen molar-refractivity contribution in [2.75, 3.05) is 0 Å². The van der Waals surface area contributed by atoms with Gasteiger partial charge in [-0.25, -0.2) is 0 Å². The Morgan fingerprint density at radius 2 is 1.72 bits per heavy atom. The molecule has 1 heteroatoms. The number of benzene rings is 1. The lowest BCUT2D eigenvalue weighted by molar-refractivity contribution is 0.404. The SMILES string of the molecule is CCc1ccc(C(N)C2CC3CC3C2)cc1CC. The summed E-state index contributed by atoms with van der Waals surface area (Å²) in [4.78, 5) is 0. The van der Waals surface area contributed by atoms with E-state index in [9.17, 15) is 0 Å². The zero-order valence-corrected chi connectivity index (χ0v) is 11.7. The van der Waals surface area contributed by atoms with Crippen LogP contribution in [-0.2, 0) is 12.8 Å². The number of rotatable bonds is 4. The highest BCUT2D eigenvalue weighted by Crippen LogP contribution is 2.56. The van der Waals surface area contributed by atoms with Crippen molar-refractivity contribution >= 4 is 0 Å². The van der Waals surface area contributed by atoms with Crippen molar-refractivity contribution in [3.05, 3.63) is 34.9 Å². The van der Waals surface area contributed by atoms with Crippen LogP contribution in [0.15, 0.2) is 18.2 Å². The Bertz CT molecular complexity index is 427. The summed E-state index contributed by atoms with van der Waals surface area (Å²) in [5.41, 5.74) is 10.9. The van der Waals surface area contributed by atoms with E-state index in [1.54, 1.807) is 0 Å². The summed E-state index contributed by atoms with van der Waals surface area (Å²) in [6.45, 7) is 4.48. The van der Waals surface area contributed by atoms with Gasteiger partial charge in [-0.2, -0.15) is 0 Å². The molecule has 1 aromatic rings. The molecule has 0 aliphatic heterocycles. The molecule has 98 valence electrons. The maximum absolute atomic E-state index is 6.50. The van der Waals surface area contributed by atoms with Crippen LogP contribution in [0.5, 0.6) is 0 Å². The minimum atomic E-state index is 0.272. The molecule has 0 saturated heterocycles.